The molecule has 1 fully saturated rings. The summed E-state index contributed by atoms with van der Waals surface area (Å²) in [5.41, 5.74) is 4.88. The van der Waals surface area contributed by atoms with E-state index in [0.717, 1.165) is 25.9 Å². The maximum Gasteiger partial charge on any atom is 0.312 e. The Morgan fingerprint density at radius 3 is 2.67 bits per heavy atom. The number of piperidine rings is 1. The lowest BCUT2D eigenvalue weighted by Crippen LogP contribution is -2.43. The molecule has 0 spiro atoms. The lowest BCUT2D eigenvalue weighted by molar-refractivity contribution is -0.125. The van der Waals surface area contributed by atoms with E-state index in [9.17, 15) is 9.59 Å². The van der Waals surface area contributed by atoms with Crippen molar-refractivity contribution in [3.8, 4) is 0 Å². The van der Waals surface area contributed by atoms with Gasteiger partial charge < -0.3 is 21.7 Å². The first kappa shape index (κ1) is 11.8. The average molecular weight is 214 g/mol. The fourth-order valence-electron chi connectivity index (χ4n) is 1.59. The molecule has 6 nitrogen and oxygen atoms in total. The number of amides is 3. The second kappa shape index (κ2) is 6.23. The number of carbonyl (C=O) groups excluding carboxylic acids is 2. The molecule has 0 radical (unpaired) electrons. The molecular weight excluding hydrogens is 196 g/mol. The molecule has 1 unspecified atom stereocenters. The van der Waals surface area contributed by atoms with E-state index in [2.05, 4.69) is 16.0 Å². The quantitative estimate of drug-likeness (QED) is 0.441. The van der Waals surface area contributed by atoms with Crippen LogP contribution < -0.4 is 21.7 Å². The Balaban J connectivity index is 2.09. The van der Waals surface area contributed by atoms with Crippen molar-refractivity contribution >= 4 is 11.9 Å². The van der Waals surface area contributed by atoms with Crippen LogP contribution in [0.25, 0.3) is 0 Å². The monoisotopic (exact) mass is 214 g/mol. The zero-order valence-electron chi connectivity index (χ0n) is 8.71. The van der Waals surface area contributed by atoms with E-state index in [0.29, 0.717) is 13.1 Å². The van der Waals surface area contributed by atoms with E-state index in [1.54, 1.807) is 0 Å². The Hall–Kier alpha value is -1.30. The van der Waals surface area contributed by atoms with Crippen molar-refractivity contribution < 1.29 is 9.59 Å². The third-order valence-electron chi connectivity index (χ3n) is 2.39. The van der Waals surface area contributed by atoms with E-state index in [1.165, 1.54) is 0 Å². The van der Waals surface area contributed by atoms with E-state index in [-0.39, 0.29) is 11.8 Å². The van der Waals surface area contributed by atoms with Gasteiger partial charge in [-0.1, -0.05) is 0 Å². The Bertz CT molecular complexity index is 226. The highest BCUT2D eigenvalue weighted by Gasteiger charge is 2.19. The molecule has 5 N–H and O–H groups in total. The second-order valence-corrected chi connectivity index (χ2v) is 3.63. The first-order valence-corrected chi connectivity index (χ1v) is 5.22. The molecule has 0 aliphatic carbocycles. The second-order valence-electron chi connectivity index (χ2n) is 3.63. The van der Waals surface area contributed by atoms with Gasteiger partial charge in [0, 0.05) is 19.6 Å². The predicted molar refractivity (Wildman–Crippen MR) is 56.2 cm³/mol. The standard InChI is InChI=1S/C9H18N4O2/c10-9(15)13-5-4-12-8(14)7-2-1-3-11-6-7/h7,11H,1-6H2,(H,12,14)(H3,10,13,15). The zero-order valence-corrected chi connectivity index (χ0v) is 8.71. The topological polar surface area (TPSA) is 96.2 Å². The van der Waals surface area contributed by atoms with Crippen molar-refractivity contribution in [2.24, 2.45) is 11.7 Å². The largest absolute Gasteiger partial charge is 0.354 e. The Morgan fingerprint density at radius 1 is 1.33 bits per heavy atom. The van der Waals surface area contributed by atoms with Crippen molar-refractivity contribution in [1.29, 1.82) is 0 Å². The van der Waals surface area contributed by atoms with Crippen LogP contribution >= 0.6 is 0 Å². The Kier molecular flexibility index (Phi) is 4.89. The predicted octanol–water partition coefficient (Wildman–Crippen LogP) is -1.23. The normalized spacial score (nSPS) is 20.7. The van der Waals surface area contributed by atoms with Gasteiger partial charge >= 0.3 is 6.03 Å². The number of rotatable bonds is 4. The van der Waals surface area contributed by atoms with Crippen LogP contribution in [-0.2, 0) is 4.79 Å². The summed E-state index contributed by atoms with van der Waals surface area (Å²) in [6, 6.07) is -0.566. The van der Waals surface area contributed by atoms with Crippen LogP contribution in [0.4, 0.5) is 4.79 Å². The number of nitrogens with one attached hydrogen (secondary N) is 3. The summed E-state index contributed by atoms with van der Waals surface area (Å²) in [5, 5.41) is 8.34. The molecule has 0 aromatic heterocycles. The number of urea groups is 1. The van der Waals surface area contributed by atoms with Crippen LogP contribution in [-0.4, -0.2) is 38.1 Å². The number of hydrogen-bond acceptors (Lipinski definition) is 3. The van der Waals surface area contributed by atoms with Gasteiger partial charge in [-0.25, -0.2) is 4.79 Å². The van der Waals surface area contributed by atoms with Gasteiger partial charge in [0.1, 0.15) is 0 Å². The molecule has 1 aliphatic heterocycles. The van der Waals surface area contributed by atoms with Crippen LogP contribution in [0.15, 0.2) is 0 Å². The third-order valence-corrected chi connectivity index (χ3v) is 2.39. The summed E-state index contributed by atoms with van der Waals surface area (Å²) in [6.07, 6.45) is 1.97. The Labute approximate surface area is 89.0 Å². The highest BCUT2D eigenvalue weighted by molar-refractivity contribution is 5.79. The van der Waals surface area contributed by atoms with Crippen molar-refractivity contribution in [2.45, 2.75) is 12.8 Å². The summed E-state index contributed by atoms with van der Waals surface area (Å²) in [4.78, 5) is 21.9. The van der Waals surface area contributed by atoms with Crippen molar-refractivity contribution in [3.05, 3.63) is 0 Å². The number of primary amides is 1. The maximum atomic E-state index is 11.5. The van der Waals surface area contributed by atoms with Gasteiger partial charge in [0.15, 0.2) is 0 Å². The Morgan fingerprint density at radius 2 is 2.07 bits per heavy atom. The van der Waals surface area contributed by atoms with Crippen molar-refractivity contribution in [3.63, 3.8) is 0 Å². The summed E-state index contributed by atoms with van der Waals surface area (Å²) in [7, 11) is 0. The van der Waals surface area contributed by atoms with Crippen LogP contribution in [0.1, 0.15) is 12.8 Å². The van der Waals surface area contributed by atoms with E-state index in [4.69, 9.17) is 5.73 Å². The number of carbonyl (C=O) groups is 2. The fraction of sp³-hybridized carbons (Fsp3) is 0.778. The smallest absolute Gasteiger partial charge is 0.312 e. The third kappa shape index (κ3) is 4.64. The maximum absolute atomic E-state index is 11.5. The molecule has 3 amide bonds. The molecule has 0 aromatic rings. The first-order valence-electron chi connectivity index (χ1n) is 5.22. The van der Waals surface area contributed by atoms with Gasteiger partial charge in [-0.3, -0.25) is 4.79 Å². The van der Waals surface area contributed by atoms with Crippen molar-refractivity contribution in [2.75, 3.05) is 26.2 Å². The summed E-state index contributed by atoms with van der Waals surface area (Å²) in [6.45, 7) is 2.54. The summed E-state index contributed by atoms with van der Waals surface area (Å²) in [5.74, 6) is 0.112. The minimum absolute atomic E-state index is 0.0495. The van der Waals surface area contributed by atoms with E-state index >= 15 is 0 Å². The number of hydrogen-bond donors (Lipinski definition) is 4. The van der Waals surface area contributed by atoms with Gasteiger partial charge in [0.25, 0.3) is 0 Å². The van der Waals surface area contributed by atoms with E-state index in [1.807, 2.05) is 0 Å². The highest BCUT2D eigenvalue weighted by Crippen LogP contribution is 2.09. The molecule has 1 saturated heterocycles. The molecule has 1 rings (SSSR count). The molecule has 0 aromatic carbocycles. The van der Waals surface area contributed by atoms with Crippen molar-refractivity contribution in [1.82, 2.24) is 16.0 Å². The molecule has 0 bridgehead atoms. The molecule has 1 heterocycles. The van der Waals surface area contributed by atoms with E-state index < -0.39 is 6.03 Å². The molecule has 0 saturated carbocycles. The van der Waals surface area contributed by atoms with Crippen LogP contribution in [0.2, 0.25) is 0 Å². The van der Waals surface area contributed by atoms with Gasteiger partial charge in [-0.05, 0) is 19.4 Å². The molecule has 15 heavy (non-hydrogen) atoms. The fourth-order valence-corrected chi connectivity index (χ4v) is 1.59. The summed E-state index contributed by atoms with van der Waals surface area (Å²) < 4.78 is 0. The van der Waals surface area contributed by atoms with Crippen LogP contribution in [0.5, 0.6) is 0 Å². The highest BCUT2D eigenvalue weighted by atomic mass is 16.2. The lowest BCUT2D eigenvalue weighted by Gasteiger charge is -2.21. The van der Waals surface area contributed by atoms with Gasteiger partial charge in [-0.15, -0.1) is 0 Å². The number of nitrogens with two attached hydrogens (primary N) is 1. The molecular formula is C9H18N4O2. The van der Waals surface area contributed by atoms with Crippen LogP contribution in [0.3, 0.4) is 0 Å². The lowest BCUT2D eigenvalue weighted by atomic mass is 9.99. The SMILES string of the molecule is NC(=O)NCCNC(=O)C1CCCNC1. The molecule has 1 aliphatic rings. The van der Waals surface area contributed by atoms with Gasteiger partial charge in [0.05, 0.1) is 5.92 Å². The first-order chi connectivity index (χ1) is 7.20. The van der Waals surface area contributed by atoms with Gasteiger partial charge in [0.2, 0.25) is 5.91 Å². The van der Waals surface area contributed by atoms with Crippen LogP contribution in [0, 0.1) is 5.92 Å². The molecule has 86 valence electrons. The zero-order chi connectivity index (χ0) is 11.1. The minimum Gasteiger partial charge on any atom is -0.354 e. The van der Waals surface area contributed by atoms with Gasteiger partial charge in [-0.2, -0.15) is 0 Å². The molecule has 1 atom stereocenters. The average Bonchev–Trinajstić information content (AvgIpc) is 2.25. The summed E-state index contributed by atoms with van der Waals surface area (Å²) >= 11 is 0. The molecule has 6 heteroatoms. The minimum atomic E-state index is -0.566.